The molecule has 0 aromatic heterocycles. The Hall–Kier alpha value is -1.39. The molecule has 1 unspecified atom stereocenters. The van der Waals surface area contributed by atoms with Crippen LogP contribution in [0, 0.1) is 0 Å². The molecule has 14 heavy (non-hydrogen) atoms. The van der Waals surface area contributed by atoms with Crippen molar-refractivity contribution in [3.63, 3.8) is 0 Å². The molecular formula is C10H14NO3+. The number of carboxylic acid groups (broad SMARTS) is 1. The molecule has 0 aliphatic heterocycles. The van der Waals surface area contributed by atoms with E-state index < -0.39 is 10.7 Å². The highest BCUT2D eigenvalue weighted by Crippen LogP contribution is 2.21. The number of carbonyl (C=O) groups is 1. The van der Waals surface area contributed by atoms with E-state index in [4.69, 9.17) is 9.94 Å². The highest BCUT2D eigenvalue weighted by Gasteiger charge is 2.36. The maximum Gasteiger partial charge on any atom is 0.552 e. The first-order valence-corrected chi connectivity index (χ1v) is 4.41. The minimum Gasteiger partial charge on any atom is -0.433 e. The number of hydroxylamine groups is 2. The van der Waals surface area contributed by atoms with Crippen LogP contribution in [-0.4, -0.2) is 24.9 Å². The van der Waals surface area contributed by atoms with Crippen molar-refractivity contribution in [2.24, 2.45) is 0 Å². The largest absolute Gasteiger partial charge is 0.552 e. The second-order valence-electron chi connectivity index (χ2n) is 2.96. The van der Waals surface area contributed by atoms with Gasteiger partial charge in [0.05, 0.1) is 0 Å². The summed E-state index contributed by atoms with van der Waals surface area (Å²) < 4.78 is -0.544. The fraction of sp³-hybridized carbons (Fsp3) is 0.300. The molecule has 1 aromatic rings. The molecule has 1 rings (SSSR count). The molecule has 0 aliphatic carbocycles. The molecule has 0 saturated heterocycles. The Bertz CT molecular complexity index is 312. The van der Waals surface area contributed by atoms with Crippen molar-refractivity contribution in [3.05, 3.63) is 30.3 Å². The SMILES string of the molecule is CCO[N+](C)(C(=O)O)c1ccccc1. The van der Waals surface area contributed by atoms with E-state index in [0.717, 1.165) is 0 Å². The second kappa shape index (κ2) is 4.21. The van der Waals surface area contributed by atoms with Crippen molar-refractivity contribution in [1.82, 2.24) is 4.65 Å². The Morgan fingerprint density at radius 3 is 2.43 bits per heavy atom. The van der Waals surface area contributed by atoms with Crippen LogP contribution in [0.1, 0.15) is 6.92 Å². The number of benzene rings is 1. The summed E-state index contributed by atoms with van der Waals surface area (Å²) in [7, 11) is 1.50. The molecule has 0 radical (unpaired) electrons. The van der Waals surface area contributed by atoms with Gasteiger partial charge >= 0.3 is 6.09 Å². The van der Waals surface area contributed by atoms with Gasteiger partial charge in [0.1, 0.15) is 13.7 Å². The maximum atomic E-state index is 11.1. The van der Waals surface area contributed by atoms with E-state index in [0.29, 0.717) is 12.3 Å². The highest BCUT2D eigenvalue weighted by atomic mass is 16.7. The van der Waals surface area contributed by atoms with Gasteiger partial charge in [0.2, 0.25) is 0 Å². The molecular weight excluding hydrogens is 182 g/mol. The number of rotatable bonds is 3. The Morgan fingerprint density at radius 2 is 2.00 bits per heavy atom. The third kappa shape index (κ3) is 1.92. The molecule has 4 heteroatoms. The molecule has 0 fully saturated rings. The number of hydrogen-bond acceptors (Lipinski definition) is 2. The lowest BCUT2D eigenvalue weighted by Crippen LogP contribution is -2.49. The molecule has 4 nitrogen and oxygen atoms in total. The fourth-order valence-corrected chi connectivity index (χ4v) is 1.21. The Labute approximate surface area is 82.9 Å². The van der Waals surface area contributed by atoms with Crippen molar-refractivity contribution in [2.45, 2.75) is 6.92 Å². The summed E-state index contributed by atoms with van der Waals surface area (Å²) in [6.07, 6.45) is -1.03. The average Bonchev–Trinajstić information content (AvgIpc) is 2.19. The predicted molar refractivity (Wildman–Crippen MR) is 53.8 cm³/mol. The molecule has 1 atom stereocenters. The Balaban J connectivity index is 3.06. The van der Waals surface area contributed by atoms with Gasteiger partial charge in [-0.3, -0.25) is 0 Å². The molecule has 0 saturated carbocycles. The van der Waals surface area contributed by atoms with Crippen LogP contribution < -0.4 is 4.65 Å². The van der Waals surface area contributed by atoms with Crippen LogP contribution in [0.5, 0.6) is 0 Å². The monoisotopic (exact) mass is 196 g/mol. The quantitative estimate of drug-likeness (QED) is 0.595. The number of quaternary nitrogens is 1. The molecule has 0 heterocycles. The molecule has 1 N–H and O–H groups in total. The summed E-state index contributed by atoms with van der Waals surface area (Å²) in [4.78, 5) is 16.3. The highest BCUT2D eigenvalue weighted by molar-refractivity contribution is 5.77. The van der Waals surface area contributed by atoms with E-state index in [1.54, 1.807) is 31.2 Å². The lowest BCUT2D eigenvalue weighted by atomic mass is 10.3. The number of hydrogen-bond donors (Lipinski definition) is 1. The zero-order valence-corrected chi connectivity index (χ0v) is 8.30. The zero-order chi connectivity index (χ0) is 10.6. The van der Waals surface area contributed by atoms with Crippen LogP contribution in [0.25, 0.3) is 0 Å². The summed E-state index contributed by atoms with van der Waals surface area (Å²) in [6, 6.07) is 8.86. The van der Waals surface area contributed by atoms with E-state index in [2.05, 4.69) is 0 Å². The van der Waals surface area contributed by atoms with Crippen LogP contribution in [0.2, 0.25) is 0 Å². The van der Waals surface area contributed by atoms with E-state index in [1.807, 2.05) is 6.07 Å². The van der Waals surface area contributed by atoms with Crippen molar-refractivity contribution in [1.29, 1.82) is 0 Å². The van der Waals surface area contributed by atoms with Gasteiger partial charge in [0.25, 0.3) is 0 Å². The van der Waals surface area contributed by atoms with Crippen LogP contribution >= 0.6 is 0 Å². The van der Waals surface area contributed by atoms with Gasteiger partial charge in [-0.15, -0.1) is 0 Å². The van der Waals surface area contributed by atoms with E-state index in [9.17, 15) is 4.79 Å². The molecule has 1 aromatic carbocycles. The summed E-state index contributed by atoms with van der Waals surface area (Å²) >= 11 is 0. The molecule has 1 amide bonds. The lowest BCUT2D eigenvalue weighted by Gasteiger charge is -2.23. The van der Waals surface area contributed by atoms with Gasteiger partial charge in [0, 0.05) is 12.1 Å². The zero-order valence-electron chi connectivity index (χ0n) is 8.30. The third-order valence-corrected chi connectivity index (χ3v) is 2.00. The van der Waals surface area contributed by atoms with Gasteiger partial charge < -0.3 is 5.11 Å². The topological polar surface area (TPSA) is 46.5 Å². The molecule has 76 valence electrons. The van der Waals surface area contributed by atoms with Crippen LogP contribution in [0.3, 0.4) is 0 Å². The number of nitrogens with zero attached hydrogens (tertiary/aromatic N) is 1. The van der Waals surface area contributed by atoms with Gasteiger partial charge in [-0.05, 0) is 6.92 Å². The van der Waals surface area contributed by atoms with E-state index in [1.165, 1.54) is 7.05 Å². The molecule has 0 bridgehead atoms. The number of para-hydroxylation sites is 1. The Morgan fingerprint density at radius 1 is 1.43 bits per heavy atom. The smallest absolute Gasteiger partial charge is 0.433 e. The first-order valence-electron chi connectivity index (χ1n) is 4.41. The normalized spacial score (nSPS) is 14.7. The Kier molecular flexibility index (Phi) is 3.22. The number of amides is 1. The summed E-state index contributed by atoms with van der Waals surface area (Å²) in [5.41, 5.74) is 0.599. The average molecular weight is 196 g/mol. The summed E-state index contributed by atoms with van der Waals surface area (Å²) in [5.74, 6) is 0. The van der Waals surface area contributed by atoms with Crippen LogP contribution in [-0.2, 0) is 4.84 Å². The van der Waals surface area contributed by atoms with Crippen LogP contribution in [0.15, 0.2) is 30.3 Å². The third-order valence-electron chi connectivity index (χ3n) is 2.00. The van der Waals surface area contributed by atoms with Crippen molar-refractivity contribution >= 4 is 11.8 Å². The summed E-state index contributed by atoms with van der Waals surface area (Å²) in [6.45, 7) is 2.11. The minimum atomic E-state index is -1.03. The van der Waals surface area contributed by atoms with Gasteiger partial charge in [-0.1, -0.05) is 22.8 Å². The minimum absolute atomic E-state index is 0.345. The first-order chi connectivity index (χ1) is 6.61. The van der Waals surface area contributed by atoms with Crippen molar-refractivity contribution in [3.8, 4) is 0 Å². The maximum absolute atomic E-state index is 11.1. The standard InChI is InChI=1S/C10H13NO3/c1-3-14-11(2,10(12)13)9-7-5-4-6-8-9/h4-8H,3H2,1-2H3/p+1. The van der Waals surface area contributed by atoms with E-state index >= 15 is 0 Å². The summed E-state index contributed by atoms with van der Waals surface area (Å²) in [5, 5.41) is 9.06. The van der Waals surface area contributed by atoms with Gasteiger partial charge in [-0.25, -0.2) is 0 Å². The fourth-order valence-electron chi connectivity index (χ4n) is 1.21. The van der Waals surface area contributed by atoms with Crippen molar-refractivity contribution in [2.75, 3.05) is 13.7 Å². The van der Waals surface area contributed by atoms with Gasteiger partial charge in [0.15, 0.2) is 5.69 Å². The second-order valence-corrected chi connectivity index (χ2v) is 2.96. The van der Waals surface area contributed by atoms with E-state index in [-0.39, 0.29) is 0 Å². The predicted octanol–water partition coefficient (Wildman–Crippen LogP) is 2.25. The van der Waals surface area contributed by atoms with Gasteiger partial charge in [-0.2, -0.15) is 9.63 Å². The lowest BCUT2D eigenvalue weighted by molar-refractivity contribution is -0.0986. The molecule has 0 aliphatic rings. The van der Waals surface area contributed by atoms with Crippen LogP contribution in [0.4, 0.5) is 10.5 Å². The van der Waals surface area contributed by atoms with Crippen molar-refractivity contribution < 1.29 is 14.7 Å². The molecule has 0 spiro atoms. The first kappa shape index (κ1) is 10.7.